The molecule has 1 aromatic carbocycles. The maximum atomic E-state index is 4.20. The van der Waals surface area contributed by atoms with Crippen LogP contribution in [0.1, 0.15) is 28.1 Å². The SMILES string of the molecule is Cc1ccccc1CCNCc1c(C)n[nH]c1C. The lowest BCUT2D eigenvalue weighted by Crippen LogP contribution is -2.17. The van der Waals surface area contributed by atoms with Crippen molar-refractivity contribution < 1.29 is 0 Å². The molecule has 96 valence electrons. The lowest BCUT2D eigenvalue weighted by atomic mass is 10.1. The Hall–Kier alpha value is -1.61. The van der Waals surface area contributed by atoms with Crippen molar-refractivity contribution in [3.63, 3.8) is 0 Å². The van der Waals surface area contributed by atoms with Gasteiger partial charge in [0, 0.05) is 17.8 Å². The molecule has 0 radical (unpaired) electrons. The van der Waals surface area contributed by atoms with E-state index in [-0.39, 0.29) is 0 Å². The van der Waals surface area contributed by atoms with Crippen molar-refractivity contribution in [1.82, 2.24) is 15.5 Å². The minimum absolute atomic E-state index is 0.889. The molecule has 1 aromatic heterocycles. The van der Waals surface area contributed by atoms with Gasteiger partial charge in [-0.25, -0.2) is 0 Å². The molecular weight excluding hydrogens is 222 g/mol. The summed E-state index contributed by atoms with van der Waals surface area (Å²) in [5.74, 6) is 0. The number of aryl methyl sites for hydroxylation is 3. The topological polar surface area (TPSA) is 40.7 Å². The van der Waals surface area contributed by atoms with Crippen molar-refractivity contribution >= 4 is 0 Å². The number of hydrogen-bond acceptors (Lipinski definition) is 2. The largest absolute Gasteiger partial charge is 0.312 e. The molecule has 0 unspecified atom stereocenters. The highest BCUT2D eigenvalue weighted by atomic mass is 15.1. The fraction of sp³-hybridized carbons (Fsp3) is 0.400. The van der Waals surface area contributed by atoms with Crippen LogP contribution in [0.15, 0.2) is 24.3 Å². The molecule has 18 heavy (non-hydrogen) atoms. The molecule has 0 amide bonds. The Morgan fingerprint density at radius 3 is 2.61 bits per heavy atom. The number of benzene rings is 1. The van der Waals surface area contributed by atoms with E-state index in [2.05, 4.69) is 53.6 Å². The lowest BCUT2D eigenvalue weighted by molar-refractivity contribution is 0.681. The second-order valence-corrected chi connectivity index (χ2v) is 4.77. The number of aromatic nitrogens is 2. The van der Waals surface area contributed by atoms with Crippen molar-refractivity contribution in [3.8, 4) is 0 Å². The van der Waals surface area contributed by atoms with Crippen molar-refractivity contribution in [1.29, 1.82) is 0 Å². The summed E-state index contributed by atoms with van der Waals surface area (Å²) in [6, 6.07) is 8.56. The van der Waals surface area contributed by atoms with Crippen LogP contribution < -0.4 is 5.32 Å². The molecule has 0 aliphatic carbocycles. The van der Waals surface area contributed by atoms with E-state index in [4.69, 9.17) is 0 Å². The van der Waals surface area contributed by atoms with Gasteiger partial charge in [0.15, 0.2) is 0 Å². The second-order valence-electron chi connectivity index (χ2n) is 4.77. The summed E-state index contributed by atoms with van der Waals surface area (Å²) in [6.45, 7) is 8.16. The van der Waals surface area contributed by atoms with Crippen LogP contribution in [0.3, 0.4) is 0 Å². The molecule has 0 spiro atoms. The number of hydrogen-bond donors (Lipinski definition) is 2. The quantitative estimate of drug-likeness (QED) is 0.793. The number of nitrogens with zero attached hydrogens (tertiary/aromatic N) is 1. The van der Waals surface area contributed by atoms with Crippen LogP contribution in [0.2, 0.25) is 0 Å². The molecule has 0 saturated heterocycles. The Labute approximate surface area is 109 Å². The molecule has 0 fully saturated rings. The summed E-state index contributed by atoms with van der Waals surface area (Å²) in [5.41, 5.74) is 6.34. The van der Waals surface area contributed by atoms with E-state index < -0.39 is 0 Å². The van der Waals surface area contributed by atoms with Gasteiger partial charge in [0.05, 0.1) is 5.69 Å². The number of aromatic amines is 1. The highest BCUT2D eigenvalue weighted by molar-refractivity contribution is 5.26. The fourth-order valence-electron chi connectivity index (χ4n) is 2.16. The smallest absolute Gasteiger partial charge is 0.0638 e. The summed E-state index contributed by atoms with van der Waals surface area (Å²) in [7, 11) is 0. The van der Waals surface area contributed by atoms with Crippen molar-refractivity contribution in [2.24, 2.45) is 0 Å². The first-order valence-electron chi connectivity index (χ1n) is 6.44. The van der Waals surface area contributed by atoms with Gasteiger partial charge in [0.25, 0.3) is 0 Å². The Balaban J connectivity index is 1.82. The van der Waals surface area contributed by atoms with E-state index >= 15 is 0 Å². The fourth-order valence-corrected chi connectivity index (χ4v) is 2.16. The standard InChI is InChI=1S/C15H21N3/c1-11-6-4-5-7-14(11)8-9-16-10-15-12(2)17-18-13(15)3/h4-7,16H,8-10H2,1-3H3,(H,17,18). The van der Waals surface area contributed by atoms with Gasteiger partial charge >= 0.3 is 0 Å². The highest BCUT2D eigenvalue weighted by Crippen LogP contribution is 2.09. The zero-order valence-corrected chi connectivity index (χ0v) is 11.4. The lowest BCUT2D eigenvalue weighted by Gasteiger charge is -2.07. The first-order chi connectivity index (χ1) is 8.68. The van der Waals surface area contributed by atoms with Gasteiger partial charge in [0.2, 0.25) is 0 Å². The highest BCUT2D eigenvalue weighted by Gasteiger charge is 2.05. The van der Waals surface area contributed by atoms with Gasteiger partial charge in [-0.2, -0.15) is 5.10 Å². The molecule has 0 saturated carbocycles. The van der Waals surface area contributed by atoms with E-state index in [0.29, 0.717) is 0 Å². The van der Waals surface area contributed by atoms with E-state index in [1.807, 2.05) is 6.92 Å². The summed E-state index contributed by atoms with van der Waals surface area (Å²) in [5, 5.41) is 10.7. The molecule has 3 nitrogen and oxygen atoms in total. The molecule has 3 heteroatoms. The summed E-state index contributed by atoms with van der Waals surface area (Å²) < 4.78 is 0. The first-order valence-corrected chi connectivity index (χ1v) is 6.44. The average molecular weight is 243 g/mol. The normalized spacial score (nSPS) is 10.8. The van der Waals surface area contributed by atoms with Crippen LogP contribution in [-0.2, 0) is 13.0 Å². The number of rotatable bonds is 5. The third kappa shape index (κ3) is 2.99. The Bertz CT molecular complexity index is 495. The van der Waals surface area contributed by atoms with E-state index in [9.17, 15) is 0 Å². The van der Waals surface area contributed by atoms with E-state index in [1.165, 1.54) is 16.7 Å². The maximum absolute atomic E-state index is 4.20. The Morgan fingerprint density at radius 2 is 1.94 bits per heavy atom. The van der Waals surface area contributed by atoms with Gasteiger partial charge in [-0.05, 0) is 44.9 Å². The van der Waals surface area contributed by atoms with Crippen LogP contribution in [0.5, 0.6) is 0 Å². The van der Waals surface area contributed by atoms with Crippen LogP contribution in [0.4, 0.5) is 0 Å². The van der Waals surface area contributed by atoms with Crippen molar-refractivity contribution in [2.75, 3.05) is 6.54 Å². The minimum Gasteiger partial charge on any atom is -0.312 e. The summed E-state index contributed by atoms with van der Waals surface area (Å²) in [6.07, 6.45) is 1.07. The van der Waals surface area contributed by atoms with Crippen molar-refractivity contribution in [2.45, 2.75) is 33.7 Å². The molecule has 1 heterocycles. The van der Waals surface area contributed by atoms with Gasteiger partial charge in [-0.3, -0.25) is 5.10 Å². The molecule has 2 N–H and O–H groups in total. The summed E-state index contributed by atoms with van der Waals surface area (Å²) in [4.78, 5) is 0. The summed E-state index contributed by atoms with van der Waals surface area (Å²) >= 11 is 0. The number of nitrogens with one attached hydrogen (secondary N) is 2. The maximum Gasteiger partial charge on any atom is 0.0638 e. The van der Waals surface area contributed by atoms with Gasteiger partial charge in [-0.15, -0.1) is 0 Å². The Kier molecular flexibility index (Phi) is 4.15. The van der Waals surface area contributed by atoms with Gasteiger partial charge < -0.3 is 5.32 Å². The first kappa shape index (κ1) is 12.8. The van der Waals surface area contributed by atoms with Crippen LogP contribution >= 0.6 is 0 Å². The van der Waals surface area contributed by atoms with Crippen molar-refractivity contribution in [3.05, 3.63) is 52.3 Å². The second kappa shape index (κ2) is 5.83. The molecule has 2 rings (SSSR count). The number of H-pyrrole nitrogens is 1. The van der Waals surface area contributed by atoms with E-state index in [1.54, 1.807) is 0 Å². The van der Waals surface area contributed by atoms with E-state index in [0.717, 1.165) is 30.9 Å². The predicted octanol–water partition coefficient (Wildman–Crippen LogP) is 2.67. The van der Waals surface area contributed by atoms with Crippen LogP contribution in [0.25, 0.3) is 0 Å². The molecule has 0 bridgehead atoms. The monoisotopic (exact) mass is 243 g/mol. The average Bonchev–Trinajstić information content (AvgIpc) is 2.67. The third-order valence-corrected chi connectivity index (χ3v) is 3.41. The minimum atomic E-state index is 0.889. The molecule has 2 aromatic rings. The van der Waals surface area contributed by atoms with Crippen LogP contribution in [-0.4, -0.2) is 16.7 Å². The molecule has 0 aliphatic heterocycles. The Morgan fingerprint density at radius 1 is 1.17 bits per heavy atom. The third-order valence-electron chi connectivity index (χ3n) is 3.41. The zero-order chi connectivity index (χ0) is 13.0. The zero-order valence-electron chi connectivity index (χ0n) is 11.4. The van der Waals surface area contributed by atoms with Gasteiger partial charge in [-0.1, -0.05) is 24.3 Å². The molecule has 0 aliphatic rings. The predicted molar refractivity (Wildman–Crippen MR) is 74.7 cm³/mol. The van der Waals surface area contributed by atoms with Crippen LogP contribution in [0, 0.1) is 20.8 Å². The van der Waals surface area contributed by atoms with Gasteiger partial charge in [0.1, 0.15) is 0 Å². The molecular formula is C15H21N3. The molecule has 0 atom stereocenters.